The molecule has 1 aromatic carbocycles. The molecule has 120 valence electrons. The molecule has 3 heterocycles. The van der Waals surface area contributed by atoms with E-state index in [1.54, 1.807) is 12.3 Å². The normalized spacial score (nSPS) is 17.0. The number of rotatable bonds is 4. The first-order valence-corrected chi connectivity index (χ1v) is 8.07. The molecule has 0 aliphatic carbocycles. The van der Waals surface area contributed by atoms with E-state index in [0.717, 1.165) is 37.4 Å². The van der Waals surface area contributed by atoms with Crippen molar-refractivity contribution in [2.45, 2.75) is 25.5 Å². The average molecular weight is 319 g/mol. The minimum Gasteiger partial charge on any atom is -0.453 e. The van der Waals surface area contributed by atoms with Crippen LogP contribution in [0.1, 0.15) is 18.4 Å². The Balaban J connectivity index is 1.64. The lowest BCUT2D eigenvalue weighted by Crippen LogP contribution is -2.15. The molecule has 1 aliphatic heterocycles. The van der Waals surface area contributed by atoms with Crippen molar-refractivity contribution in [3.63, 3.8) is 0 Å². The third-order valence-electron chi connectivity index (χ3n) is 4.28. The van der Waals surface area contributed by atoms with Gasteiger partial charge in [-0.2, -0.15) is 5.26 Å². The zero-order valence-corrected chi connectivity index (χ0v) is 13.2. The Bertz CT molecular complexity index is 882. The number of ether oxygens (including phenoxy) is 1. The summed E-state index contributed by atoms with van der Waals surface area (Å²) in [7, 11) is 0. The van der Waals surface area contributed by atoms with Gasteiger partial charge in [-0.15, -0.1) is 0 Å². The van der Waals surface area contributed by atoms with Crippen LogP contribution in [0.15, 0.2) is 53.2 Å². The van der Waals surface area contributed by atoms with Crippen LogP contribution in [0.25, 0.3) is 22.9 Å². The molecule has 1 aliphatic rings. The van der Waals surface area contributed by atoms with Crippen LogP contribution in [0, 0.1) is 11.3 Å². The summed E-state index contributed by atoms with van der Waals surface area (Å²) < 4.78 is 13.8. The predicted octanol–water partition coefficient (Wildman–Crippen LogP) is 3.86. The summed E-state index contributed by atoms with van der Waals surface area (Å²) in [6, 6.07) is 13.4. The fraction of sp³-hybridized carbons (Fsp3) is 0.263. The highest BCUT2D eigenvalue weighted by atomic mass is 16.5. The van der Waals surface area contributed by atoms with Gasteiger partial charge in [0.25, 0.3) is 0 Å². The number of hydrogen-bond donors (Lipinski definition) is 0. The van der Waals surface area contributed by atoms with Gasteiger partial charge in [0.1, 0.15) is 5.76 Å². The number of nitrogens with zero attached hydrogens (tertiary/aromatic N) is 3. The van der Waals surface area contributed by atoms with Gasteiger partial charge >= 0.3 is 0 Å². The van der Waals surface area contributed by atoms with E-state index in [2.05, 4.69) is 15.6 Å². The Kier molecular flexibility index (Phi) is 3.89. The molecule has 5 nitrogen and oxygen atoms in total. The Hall–Kier alpha value is -2.84. The second-order valence-corrected chi connectivity index (χ2v) is 5.86. The van der Waals surface area contributed by atoms with E-state index in [1.165, 1.54) is 0 Å². The maximum atomic E-state index is 9.25. The molecule has 1 fully saturated rings. The molecule has 0 radical (unpaired) electrons. The highest BCUT2D eigenvalue weighted by Crippen LogP contribution is 2.30. The van der Waals surface area contributed by atoms with Crippen LogP contribution in [0.5, 0.6) is 0 Å². The second-order valence-electron chi connectivity index (χ2n) is 5.86. The van der Waals surface area contributed by atoms with Crippen molar-refractivity contribution in [2.24, 2.45) is 0 Å². The average Bonchev–Trinajstić information content (AvgIpc) is 3.36. The van der Waals surface area contributed by atoms with Gasteiger partial charge in [0.15, 0.2) is 11.6 Å². The summed E-state index contributed by atoms with van der Waals surface area (Å²) >= 11 is 0. The Morgan fingerprint density at radius 2 is 2.08 bits per heavy atom. The Morgan fingerprint density at radius 1 is 1.21 bits per heavy atom. The van der Waals surface area contributed by atoms with Crippen molar-refractivity contribution < 1.29 is 9.15 Å². The van der Waals surface area contributed by atoms with Crippen LogP contribution in [0.3, 0.4) is 0 Å². The summed E-state index contributed by atoms with van der Waals surface area (Å²) in [5.41, 5.74) is 1.39. The first-order chi connectivity index (χ1) is 11.8. The number of aromatic nitrogens is 2. The van der Waals surface area contributed by atoms with Gasteiger partial charge in [-0.25, -0.2) is 4.98 Å². The number of nitriles is 1. The van der Waals surface area contributed by atoms with Gasteiger partial charge in [-0.05, 0) is 37.1 Å². The zero-order valence-electron chi connectivity index (χ0n) is 13.2. The van der Waals surface area contributed by atoms with E-state index in [0.29, 0.717) is 17.1 Å². The molecule has 0 saturated carbocycles. The van der Waals surface area contributed by atoms with Gasteiger partial charge in [0.05, 0.1) is 24.3 Å². The lowest BCUT2D eigenvalue weighted by atomic mass is 10.1. The van der Waals surface area contributed by atoms with Gasteiger partial charge in [0, 0.05) is 24.6 Å². The van der Waals surface area contributed by atoms with Crippen LogP contribution >= 0.6 is 0 Å². The third kappa shape index (κ3) is 2.72. The van der Waals surface area contributed by atoms with Gasteiger partial charge in [-0.1, -0.05) is 12.1 Å². The fourth-order valence-electron chi connectivity index (χ4n) is 3.09. The molecule has 2 aromatic heterocycles. The van der Waals surface area contributed by atoms with Gasteiger partial charge < -0.3 is 13.7 Å². The predicted molar refractivity (Wildman–Crippen MR) is 89.1 cm³/mol. The number of benzene rings is 1. The van der Waals surface area contributed by atoms with Crippen molar-refractivity contribution in [2.75, 3.05) is 6.61 Å². The summed E-state index contributed by atoms with van der Waals surface area (Å²) in [5, 5.41) is 9.25. The molecule has 3 aromatic rings. The molecule has 0 unspecified atom stereocenters. The molecule has 1 atom stereocenters. The van der Waals surface area contributed by atoms with Crippen LogP contribution in [-0.4, -0.2) is 22.3 Å². The van der Waals surface area contributed by atoms with E-state index in [1.807, 2.05) is 36.5 Å². The van der Waals surface area contributed by atoms with Crippen molar-refractivity contribution >= 4 is 0 Å². The van der Waals surface area contributed by atoms with Crippen LogP contribution < -0.4 is 0 Å². The largest absolute Gasteiger partial charge is 0.453 e. The number of imidazole rings is 1. The SMILES string of the molecule is N#Cc1ccccc1-c1ccc(-c2nccn2C[C@@H]2CCCO2)o1. The molecule has 0 spiro atoms. The first-order valence-electron chi connectivity index (χ1n) is 8.07. The molecular weight excluding hydrogens is 302 g/mol. The van der Waals surface area contributed by atoms with Gasteiger partial charge in [0.2, 0.25) is 0 Å². The van der Waals surface area contributed by atoms with Crippen molar-refractivity contribution in [1.82, 2.24) is 9.55 Å². The minimum atomic E-state index is 0.242. The van der Waals surface area contributed by atoms with E-state index in [4.69, 9.17) is 9.15 Å². The number of hydrogen-bond acceptors (Lipinski definition) is 4. The van der Waals surface area contributed by atoms with E-state index in [9.17, 15) is 5.26 Å². The molecule has 5 heteroatoms. The van der Waals surface area contributed by atoms with Crippen LogP contribution in [0.4, 0.5) is 0 Å². The lowest BCUT2D eigenvalue weighted by Gasteiger charge is -2.11. The molecular formula is C19H17N3O2. The summed E-state index contributed by atoms with van der Waals surface area (Å²) in [6.07, 6.45) is 6.16. The fourth-order valence-corrected chi connectivity index (χ4v) is 3.09. The summed E-state index contributed by atoms with van der Waals surface area (Å²) in [4.78, 5) is 4.43. The summed E-state index contributed by atoms with van der Waals surface area (Å²) in [5.74, 6) is 2.15. The van der Waals surface area contributed by atoms with E-state index < -0.39 is 0 Å². The number of furan rings is 1. The Morgan fingerprint density at radius 3 is 2.92 bits per heavy atom. The monoisotopic (exact) mass is 319 g/mol. The maximum Gasteiger partial charge on any atom is 0.176 e. The Labute approximate surface area is 140 Å². The maximum absolute atomic E-state index is 9.25. The molecule has 0 bridgehead atoms. The smallest absolute Gasteiger partial charge is 0.176 e. The standard InChI is InChI=1S/C19H17N3O2/c20-12-14-4-1-2-6-16(14)17-7-8-18(24-17)19-21-9-10-22(19)13-15-5-3-11-23-15/h1-2,4,6-10,15H,3,5,11,13H2/t15-/m0/s1. The third-order valence-corrected chi connectivity index (χ3v) is 4.28. The minimum absolute atomic E-state index is 0.242. The van der Waals surface area contributed by atoms with E-state index >= 15 is 0 Å². The molecule has 0 amide bonds. The lowest BCUT2D eigenvalue weighted by molar-refractivity contribution is 0.0973. The van der Waals surface area contributed by atoms with Crippen molar-refractivity contribution in [3.8, 4) is 29.0 Å². The highest BCUT2D eigenvalue weighted by molar-refractivity contribution is 5.68. The second kappa shape index (κ2) is 6.34. The molecule has 24 heavy (non-hydrogen) atoms. The molecule has 1 saturated heterocycles. The van der Waals surface area contributed by atoms with Crippen molar-refractivity contribution in [3.05, 3.63) is 54.4 Å². The molecule has 0 N–H and O–H groups in total. The first kappa shape index (κ1) is 14.7. The summed E-state index contributed by atoms with van der Waals surface area (Å²) in [6.45, 7) is 1.62. The van der Waals surface area contributed by atoms with Gasteiger partial charge in [-0.3, -0.25) is 0 Å². The quantitative estimate of drug-likeness (QED) is 0.732. The van der Waals surface area contributed by atoms with E-state index in [-0.39, 0.29) is 6.10 Å². The highest BCUT2D eigenvalue weighted by Gasteiger charge is 2.19. The van der Waals surface area contributed by atoms with Crippen LogP contribution in [-0.2, 0) is 11.3 Å². The van der Waals surface area contributed by atoms with Crippen molar-refractivity contribution in [1.29, 1.82) is 5.26 Å². The topological polar surface area (TPSA) is 64.0 Å². The molecule has 4 rings (SSSR count). The zero-order chi connectivity index (χ0) is 16.4. The van der Waals surface area contributed by atoms with Crippen LogP contribution in [0.2, 0.25) is 0 Å².